The van der Waals surface area contributed by atoms with Crippen molar-refractivity contribution in [2.24, 2.45) is 0 Å². The Bertz CT molecular complexity index is 391. The van der Waals surface area contributed by atoms with Gasteiger partial charge in [0.1, 0.15) is 0 Å². The van der Waals surface area contributed by atoms with Crippen LogP contribution in [-0.2, 0) is 0 Å². The molecule has 0 heterocycles. The summed E-state index contributed by atoms with van der Waals surface area (Å²) in [6, 6.07) is 5.11. The molecule has 1 amide bonds. The monoisotopic (exact) mass is 240 g/mol. The number of amides is 1. The molecule has 2 N–H and O–H groups in total. The Hall–Kier alpha value is -1.22. The minimum Gasteiger partial charge on any atom is -0.398 e. The summed E-state index contributed by atoms with van der Waals surface area (Å²) in [6.07, 6.45) is 0. The molecule has 1 aromatic carbocycles. The average Bonchev–Trinajstić information content (AvgIpc) is 2.17. The number of carbonyl (C=O) groups excluding carboxylic acids is 1. The van der Waals surface area contributed by atoms with Gasteiger partial charge in [-0.15, -0.1) is 0 Å². The number of rotatable bonds is 3. The zero-order chi connectivity index (χ0) is 12.3. The quantitative estimate of drug-likeness (QED) is 0.826. The second-order valence-corrected chi connectivity index (χ2v) is 4.35. The molecule has 88 valence electrons. The molecule has 0 aromatic heterocycles. The Labute approximate surface area is 101 Å². The minimum atomic E-state index is -0.0494. The number of hydrogen-bond donors (Lipinski definition) is 1. The van der Waals surface area contributed by atoms with Gasteiger partial charge in [-0.2, -0.15) is 0 Å². The highest BCUT2D eigenvalue weighted by atomic mass is 35.5. The van der Waals surface area contributed by atoms with Crippen LogP contribution in [0.25, 0.3) is 0 Å². The zero-order valence-corrected chi connectivity index (χ0v) is 10.6. The van der Waals surface area contributed by atoms with Gasteiger partial charge in [-0.25, -0.2) is 0 Å². The maximum Gasteiger partial charge on any atom is 0.256 e. The molecule has 0 aliphatic heterocycles. The first-order valence-corrected chi connectivity index (χ1v) is 5.71. The number of nitrogens with two attached hydrogens (primary N) is 1. The van der Waals surface area contributed by atoms with Crippen LogP contribution in [0, 0.1) is 0 Å². The number of carbonyl (C=O) groups is 1. The fraction of sp³-hybridized carbons (Fsp3) is 0.417. The van der Waals surface area contributed by atoms with Crippen LogP contribution in [0.15, 0.2) is 18.2 Å². The van der Waals surface area contributed by atoms with Crippen molar-refractivity contribution in [3.63, 3.8) is 0 Å². The molecule has 3 nitrogen and oxygen atoms in total. The number of hydrogen-bond acceptors (Lipinski definition) is 2. The van der Waals surface area contributed by atoms with Gasteiger partial charge in [0.15, 0.2) is 0 Å². The van der Waals surface area contributed by atoms with Gasteiger partial charge in [0.05, 0.1) is 5.56 Å². The van der Waals surface area contributed by atoms with Crippen molar-refractivity contribution >= 4 is 23.2 Å². The predicted octanol–water partition coefficient (Wildman–Crippen LogP) is 2.79. The molecule has 1 aromatic rings. The van der Waals surface area contributed by atoms with Gasteiger partial charge >= 0.3 is 0 Å². The molecule has 0 aliphatic rings. The Morgan fingerprint density at radius 1 is 1.50 bits per heavy atom. The number of nitrogen functional groups attached to an aromatic ring is 1. The molecule has 0 unspecified atom stereocenters. The topological polar surface area (TPSA) is 46.3 Å². The second-order valence-electron chi connectivity index (χ2n) is 3.92. The Morgan fingerprint density at radius 2 is 2.12 bits per heavy atom. The molecule has 0 saturated heterocycles. The van der Waals surface area contributed by atoms with E-state index in [0.717, 1.165) is 0 Å². The summed E-state index contributed by atoms with van der Waals surface area (Å²) in [6.45, 7) is 6.57. The summed E-state index contributed by atoms with van der Waals surface area (Å²) in [7, 11) is 0. The highest BCUT2D eigenvalue weighted by molar-refractivity contribution is 6.31. The molecule has 1 rings (SSSR count). The minimum absolute atomic E-state index is 0.0494. The van der Waals surface area contributed by atoms with Crippen LogP contribution in [0.4, 0.5) is 5.69 Å². The van der Waals surface area contributed by atoms with E-state index < -0.39 is 0 Å². The highest BCUT2D eigenvalue weighted by Gasteiger charge is 2.18. The molecule has 0 aliphatic carbocycles. The largest absolute Gasteiger partial charge is 0.398 e. The standard InChI is InChI=1S/C12H17ClN2O/c1-4-15(8(2)3)12(16)10-6-5-9(13)7-11(10)14/h5-8H,4,14H2,1-3H3. The van der Waals surface area contributed by atoms with Gasteiger partial charge < -0.3 is 10.6 Å². The van der Waals surface area contributed by atoms with Crippen LogP contribution in [0.3, 0.4) is 0 Å². The second kappa shape index (κ2) is 5.21. The normalized spacial score (nSPS) is 10.6. The van der Waals surface area contributed by atoms with Gasteiger partial charge in [0.25, 0.3) is 5.91 Å². The lowest BCUT2D eigenvalue weighted by atomic mass is 10.1. The van der Waals surface area contributed by atoms with Crippen molar-refractivity contribution in [2.75, 3.05) is 12.3 Å². The number of benzene rings is 1. The molecule has 0 fully saturated rings. The molecule has 16 heavy (non-hydrogen) atoms. The van der Waals surface area contributed by atoms with Gasteiger partial charge in [-0.1, -0.05) is 11.6 Å². The van der Waals surface area contributed by atoms with Crippen molar-refractivity contribution in [1.29, 1.82) is 0 Å². The van der Waals surface area contributed by atoms with Crippen molar-refractivity contribution in [2.45, 2.75) is 26.8 Å². The summed E-state index contributed by atoms with van der Waals surface area (Å²) < 4.78 is 0. The maximum atomic E-state index is 12.2. The third-order valence-corrected chi connectivity index (χ3v) is 2.70. The Balaban J connectivity index is 3.04. The van der Waals surface area contributed by atoms with Crippen LogP contribution < -0.4 is 5.73 Å². The van der Waals surface area contributed by atoms with Gasteiger partial charge in [-0.3, -0.25) is 4.79 Å². The van der Waals surface area contributed by atoms with E-state index in [1.165, 1.54) is 0 Å². The first kappa shape index (κ1) is 12.8. The summed E-state index contributed by atoms with van der Waals surface area (Å²) >= 11 is 5.79. The molecule has 0 radical (unpaired) electrons. The van der Waals surface area contributed by atoms with Crippen molar-refractivity contribution < 1.29 is 4.79 Å². The molecular weight excluding hydrogens is 224 g/mol. The van der Waals surface area contributed by atoms with E-state index in [1.807, 2.05) is 20.8 Å². The first-order valence-electron chi connectivity index (χ1n) is 5.33. The van der Waals surface area contributed by atoms with Crippen molar-refractivity contribution in [3.05, 3.63) is 28.8 Å². The van der Waals surface area contributed by atoms with Gasteiger partial charge in [0, 0.05) is 23.3 Å². The van der Waals surface area contributed by atoms with Crippen LogP contribution in [0.1, 0.15) is 31.1 Å². The average molecular weight is 241 g/mol. The first-order chi connectivity index (χ1) is 7.47. The zero-order valence-electron chi connectivity index (χ0n) is 9.83. The molecule has 0 spiro atoms. The smallest absolute Gasteiger partial charge is 0.256 e. The van der Waals surface area contributed by atoms with Crippen LogP contribution >= 0.6 is 11.6 Å². The van der Waals surface area contributed by atoms with Crippen molar-refractivity contribution in [3.8, 4) is 0 Å². The summed E-state index contributed by atoms with van der Waals surface area (Å²) in [5, 5.41) is 0.543. The molecule has 0 bridgehead atoms. The summed E-state index contributed by atoms with van der Waals surface area (Å²) in [5.74, 6) is -0.0494. The van der Waals surface area contributed by atoms with E-state index >= 15 is 0 Å². The molecule has 4 heteroatoms. The van der Waals surface area contributed by atoms with Gasteiger partial charge in [0.2, 0.25) is 0 Å². The highest BCUT2D eigenvalue weighted by Crippen LogP contribution is 2.20. The fourth-order valence-electron chi connectivity index (χ4n) is 1.63. The van der Waals surface area contributed by atoms with E-state index in [0.29, 0.717) is 22.8 Å². The SMILES string of the molecule is CCN(C(=O)c1ccc(Cl)cc1N)C(C)C. The molecular formula is C12H17ClN2O. The van der Waals surface area contributed by atoms with Crippen molar-refractivity contribution in [1.82, 2.24) is 4.90 Å². The van der Waals surface area contributed by atoms with Crippen LogP contribution in [-0.4, -0.2) is 23.4 Å². The van der Waals surface area contributed by atoms with Crippen LogP contribution in [0.2, 0.25) is 5.02 Å². The summed E-state index contributed by atoms with van der Waals surface area (Å²) in [5.41, 5.74) is 6.72. The van der Waals surface area contributed by atoms with Crippen LogP contribution in [0.5, 0.6) is 0 Å². The number of nitrogens with zero attached hydrogens (tertiary/aromatic N) is 1. The van der Waals surface area contributed by atoms with E-state index in [2.05, 4.69) is 0 Å². The lowest BCUT2D eigenvalue weighted by Crippen LogP contribution is -2.37. The van der Waals surface area contributed by atoms with E-state index in [-0.39, 0.29) is 11.9 Å². The fourth-order valence-corrected chi connectivity index (χ4v) is 1.81. The van der Waals surface area contributed by atoms with E-state index in [1.54, 1.807) is 23.1 Å². The lowest BCUT2D eigenvalue weighted by Gasteiger charge is -2.25. The lowest BCUT2D eigenvalue weighted by molar-refractivity contribution is 0.0718. The number of halogens is 1. The molecule has 0 saturated carbocycles. The third kappa shape index (κ3) is 2.67. The number of anilines is 1. The third-order valence-electron chi connectivity index (χ3n) is 2.47. The van der Waals surface area contributed by atoms with E-state index in [9.17, 15) is 4.79 Å². The predicted molar refractivity (Wildman–Crippen MR) is 67.7 cm³/mol. The van der Waals surface area contributed by atoms with Gasteiger partial charge in [-0.05, 0) is 39.0 Å². The molecule has 0 atom stereocenters. The maximum absolute atomic E-state index is 12.2. The Kier molecular flexibility index (Phi) is 4.19. The Morgan fingerprint density at radius 3 is 2.56 bits per heavy atom. The summed E-state index contributed by atoms with van der Waals surface area (Å²) in [4.78, 5) is 13.9. The van der Waals surface area contributed by atoms with E-state index in [4.69, 9.17) is 17.3 Å².